The molecule has 1 aliphatic heterocycles. The predicted molar refractivity (Wildman–Crippen MR) is 93.4 cm³/mol. The molecule has 25 heavy (non-hydrogen) atoms. The van der Waals surface area contributed by atoms with E-state index < -0.39 is 23.3 Å². The van der Waals surface area contributed by atoms with Crippen molar-refractivity contribution in [3.8, 4) is 11.5 Å². The molecule has 0 aromatic heterocycles. The van der Waals surface area contributed by atoms with Gasteiger partial charge in [-0.15, -0.1) is 0 Å². The zero-order valence-corrected chi connectivity index (χ0v) is 14.4. The molecular formula is C14H12N2O7S2. The van der Waals surface area contributed by atoms with Crippen LogP contribution in [0.5, 0.6) is 11.5 Å². The topological polar surface area (TPSA) is 130 Å². The van der Waals surface area contributed by atoms with E-state index in [0.29, 0.717) is 0 Å². The third-order valence-corrected chi connectivity index (χ3v) is 4.43. The van der Waals surface area contributed by atoms with Gasteiger partial charge in [0.15, 0.2) is 11.5 Å². The number of nitro groups is 1. The van der Waals surface area contributed by atoms with Crippen molar-refractivity contribution in [2.45, 2.75) is 6.92 Å². The fraction of sp³-hybridized carbons (Fsp3) is 0.214. The van der Waals surface area contributed by atoms with Crippen molar-refractivity contribution >= 4 is 51.9 Å². The normalized spacial score (nSPS) is 15.7. The van der Waals surface area contributed by atoms with Crippen LogP contribution < -0.4 is 4.74 Å². The number of nitrogens with zero attached hydrogens (tertiary/aromatic N) is 2. The number of thiocarbonyl (C=S) groups is 1. The molecule has 9 nitrogen and oxygen atoms in total. The Labute approximate surface area is 151 Å². The number of carbonyl (C=O) groups is 2. The van der Waals surface area contributed by atoms with E-state index in [4.69, 9.17) is 22.1 Å². The van der Waals surface area contributed by atoms with Gasteiger partial charge in [-0.05, 0) is 13.0 Å². The molecule has 0 bridgehead atoms. The summed E-state index contributed by atoms with van der Waals surface area (Å²) in [6.45, 7) is 1.23. The Morgan fingerprint density at radius 1 is 1.52 bits per heavy atom. The molecule has 0 radical (unpaired) electrons. The summed E-state index contributed by atoms with van der Waals surface area (Å²) >= 11 is 5.81. The molecule has 1 aromatic rings. The van der Waals surface area contributed by atoms with Crippen molar-refractivity contribution in [2.75, 3.05) is 13.2 Å². The maximum atomic E-state index is 12.2. The lowest BCUT2D eigenvalue weighted by molar-refractivity contribution is -0.385. The number of rotatable bonds is 6. The predicted octanol–water partition coefficient (Wildman–Crippen LogP) is 1.98. The van der Waals surface area contributed by atoms with Crippen molar-refractivity contribution in [2.24, 2.45) is 0 Å². The van der Waals surface area contributed by atoms with Crippen LogP contribution >= 0.6 is 24.0 Å². The van der Waals surface area contributed by atoms with E-state index in [2.05, 4.69) is 0 Å². The first kappa shape index (κ1) is 18.7. The fourth-order valence-corrected chi connectivity index (χ4v) is 3.25. The highest BCUT2D eigenvalue weighted by Crippen LogP contribution is 2.39. The van der Waals surface area contributed by atoms with Gasteiger partial charge in [0.05, 0.1) is 22.5 Å². The highest BCUT2D eigenvalue weighted by Gasteiger charge is 2.33. The van der Waals surface area contributed by atoms with E-state index >= 15 is 0 Å². The average Bonchev–Trinajstić information content (AvgIpc) is 2.78. The van der Waals surface area contributed by atoms with Crippen LogP contribution in [-0.2, 0) is 9.59 Å². The summed E-state index contributed by atoms with van der Waals surface area (Å²) in [6.07, 6.45) is 1.21. The first-order chi connectivity index (χ1) is 11.7. The summed E-state index contributed by atoms with van der Waals surface area (Å²) in [5, 5.41) is 30.0. The van der Waals surface area contributed by atoms with Crippen molar-refractivity contribution in [1.29, 1.82) is 0 Å². The third-order valence-electron chi connectivity index (χ3n) is 3.05. The smallest absolute Gasteiger partial charge is 0.323 e. The molecule has 1 aliphatic rings. The number of hydrogen-bond acceptors (Lipinski definition) is 8. The average molecular weight is 384 g/mol. The second-order valence-electron chi connectivity index (χ2n) is 4.73. The summed E-state index contributed by atoms with van der Waals surface area (Å²) in [5.74, 6) is -2.34. The monoisotopic (exact) mass is 384 g/mol. The first-order valence-corrected chi connectivity index (χ1v) is 8.08. The van der Waals surface area contributed by atoms with Gasteiger partial charge in [0.2, 0.25) is 0 Å². The van der Waals surface area contributed by atoms with Crippen LogP contribution in [0.3, 0.4) is 0 Å². The number of phenolic OH excluding ortho intramolecular Hbond substituents is 1. The van der Waals surface area contributed by atoms with Crippen molar-refractivity contribution in [1.82, 2.24) is 4.90 Å². The van der Waals surface area contributed by atoms with Gasteiger partial charge in [0, 0.05) is 11.6 Å². The Morgan fingerprint density at radius 2 is 2.20 bits per heavy atom. The number of amides is 1. The van der Waals surface area contributed by atoms with E-state index in [9.17, 15) is 24.8 Å². The summed E-state index contributed by atoms with van der Waals surface area (Å²) < 4.78 is 5.21. The molecule has 0 atom stereocenters. The number of phenols is 1. The van der Waals surface area contributed by atoms with Gasteiger partial charge in [0.25, 0.3) is 11.6 Å². The van der Waals surface area contributed by atoms with Crippen molar-refractivity contribution in [3.05, 3.63) is 32.7 Å². The Bertz CT molecular complexity index is 807. The fourth-order valence-electron chi connectivity index (χ4n) is 2.01. The number of carbonyl (C=O) groups excluding carboxylic acids is 1. The van der Waals surface area contributed by atoms with E-state index in [1.165, 1.54) is 6.08 Å². The number of aliphatic carboxylic acids is 1. The van der Waals surface area contributed by atoms with E-state index in [1.54, 1.807) is 6.92 Å². The number of non-ortho nitro benzene ring substituents is 1. The van der Waals surface area contributed by atoms with Gasteiger partial charge in [-0.25, -0.2) is 0 Å². The van der Waals surface area contributed by atoms with Crippen LogP contribution in [0.25, 0.3) is 6.08 Å². The minimum Gasteiger partial charge on any atom is -0.504 e. The van der Waals surface area contributed by atoms with E-state index in [0.717, 1.165) is 28.8 Å². The van der Waals surface area contributed by atoms with Gasteiger partial charge in [0.1, 0.15) is 10.9 Å². The van der Waals surface area contributed by atoms with Gasteiger partial charge >= 0.3 is 5.97 Å². The molecule has 1 amide bonds. The highest BCUT2D eigenvalue weighted by atomic mass is 32.2. The number of ether oxygens (including phenoxy) is 1. The minimum absolute atomic E-state index is 0.00604. The van der Waals surface area contributed by atoms with Crippen LogP contribution in [-0.4, -0.2) is 49.4 Å². The second kappa shape index (κ2) is 7.49. The molecule has 1 heterocycles. The van der Waals surface area contributed by atoms with Crippen LogP contribution in [0.1, 0.15) is 12.5 Å². The maximum absolute atomic E-state index is 12.2. The largest absolute Gasteiger partial charge is 0.504 e. The summed E-state index contributed by atoms with van der Waals surface area (Å²) in [6, 6.07) is 2.16. The number of carboxylic acid groups (broad SMARTS) is 1. The van der Waals surface area contributed by atoms with Gasteiger partial charge in [-0.2, -0.15) is 0 Å². The molecule has 132 valence electrons. The van der Waals surface area contributed by atoms with Crippen molar-refractivity contribution in [3.63, 3.8) is 0 Å². The molecule has 0 unspecified atom stereocenters. The lowest BCUT2D eigenvalue weighted by Gasteiger charge is -2.10. The molecule has 1 aromatic carbocycles. The Balaban J connectivity index is 2.46. The molecule has 11 heteroatoms. The number of hydrogen-bond donors (Lipinski definition) is 2. The lowest BCUT2D eigenvalue weighted by Crippen LogP contribution is -2.33. The highest BCUT2D eigenvalue weighted by molar-refractivity contribution is 8.26. The number of benzene rings is 1. The molecule has 1 fully saturated rings. The van der Waals surface area contributed by atoms with Crippen LogP contribution in [0.4, 0.5) is 5.69 Å². The van der Waals surface area contributed by atoms with Crippen molar-refractivity contribution < 1.29 is 29.5 Å². The molecule has 0 aliphatic carbocycles. The van der Waals surface area contributed by atoms with Gasteiger partial charge in [-0.1, -0.05) is 24.0 Å². The number of carboxylic acids is 1. The molecule has 0 spiro atoms. The van der Waals surface area contributed by atoms with Crippen LogP contribution in [0.2, 0.25) is 0 Å². The Kier molecular flexibility index (Phi) is 5.59. The number of aromatic hydroxyl groups is 1. The SMILES string of the molecule is CCOc1cc([N+](=O)[O-])cc(C=C2SC(=S)N(CC(=O)O)C2=O)c1O. The first-order valence-electron chi connectivity index (χ1n) is 6.86. The second-order valence-corrected chi connectivity index (χ2v) is 6.41. The third kappa shape index (κ3) is 4.06. The number of thioether (sulfide) groups is 1. The quantitative estimate of drug-likeness (QED) is 0.327. The van der Waals surface area contributed by atoms with Gasteiger partial charge in [-0.3, -0.25) is 24.6 Å². The lowest BCUT2D eigenvalue weighted by atomic mass is 10.1. The van der Waals surface area contributed by atoms with Crippen LogP contribution in [0, 0.1) is 10.1 Å². The maximum Gasteiger partial charge on any atom is 0.323 e. The summed E-state index contributed by atoms with van der Waals surface area (Å²) in [5.41, 5.74) is -0.331. The molecule has 1 saturated heterocycles. The van der Waals surface area contributed by atoms with E-state index in [-0.39, 0.29) is 38.6 Å². The molecule has 2 rings (SSSR count). The Hall–Kier alpha value is -2.66. The molecular weight excluding hydrogens is 372 g/mol. The molecule has 2 N–H and O–H groups in total. The summed E-state index contributed by atoms with van der Waals surface area (Å²) in [7, 11) is 0. The Morgan fingerprint density at radius 3 is 2.76 bits per heavy atom. The van der Waals surface area contributed by atoms with Crippen LogP contribution in [0.15, 0.2) is 17.0 Å². The zero-order valence-electron chi connectivity index (χ0n) is 12.8. The number of nitro benzene ring substituents is 1. The minimum atomic E-state index is -1.23. The zero-order chi connectivity index (χ0) is 18.7. The standard InChI is InChI=1S/C14H12N2O7S2/c1-2-23-9-5-8(16(21)22)3-7(12(9)19)4-10-13(20)15(6-11(17)18)14(24)25-10/h3-5,19H,2,6H2,1H3,(H,17,18). The van der Waals surface area contributed by atoms with Gasteiger partial charge < -0.3 is 14.9 Å². The van der Waals surface area contributed by atoms with E-state index in [1.807, 2.05) is 0 Å². The molecule has 0 saturated carbocycles. The summed E-state index contributed by atoms with van der Waals surface area (Å²) in [4.78, 5) is 34.3.